The summed E-state index contributed by atoms with van der Waals surface area (Å²) in [6.45, 7) is 2.05. The van der Waals surface area contributed by atoms with Crippen molar-refractivity contribution >= 4 is 35.6 Å². The highest BCUT2D eigenvalue weighted by molar-refractivity contribution is 6.32. The highest BCUT2D eigenvalue weighted by Gasteiger charge is 2.57. The largest absolute Gasteiger partial charge is 0.495 e. The van der Waals surface area contributed by atoms with Gasteiger partial charge in [-0.2, -0.15) is 0 Å². The molecule has 21 heavy (non-hydrogen) atoms. The van der Waals surface area contributed by atoms with Crippen LogP contribution < -0.4 is 15.4 Å². The van der Waals surface area contributed by atoms with Crippen LogP contribution in [0.5, 0.6) is 5.75 Å². The zero-order valence-corrected chi connectivity index (χ0v) is 13.5. The molecule has 2 fully saturated rings. The molecule has 1 amide bonds. The number of carbonyl (C=O) groups is 1. The summed E-state index contributed by atoms with van der Waals surface area (Å²) in [7, 11) is 1.57. The monoisotopic (exact) mass is 330 g/mol. The van der Waals surface area contributed by atoms with Gasteiger partial charge in [0.05, 0.1) is 12.1 Å². The van der Waals surface area contributed by atoms with Crippen molar-refractivity contribution in [2.75, 3.05) is 25.5 Å². The second-order valence-electron chi connectivity index (χ2n) is 5.71. The standard InChI is InChI=1S/C15H19ClN2O2.ClH/c1-20-13-3-2-10(8-12(13)16)18-14(19)11-9-15(11)4-6-17-7-5-15;/h2-3,8,11,17H,4-7,9H2,1H3,(H,18,19);1H. The van der Waals surface area contributed by atoms with Crippen LogP contribution in [0.1, 0.15) is 19.3 Å². The summed E-state index contributed by atoms with van der Waals surface area (Å²) in [6, 6.07) is 5.32. The molecule has 0 radical (unpaired) electrons. The van der Waals surface area contributed by atoms with Gasteiger partial charge in [0.1, 0.15) is 5.75 Å². The first kappa shape index (κ1) is 16.4. The molecule has 1 aliphatic carbocycles. The van der Waals surface area contributed by atoms with E-state index in [9.17, 15) is 4.79 Å². The Morgan fingerprint density at radius 1 is 1.43 bits per heavy atom. The van der Waals surface area contributed by atoms with Crippen LogP contribution in [0, 0.1) is 11.3 Å². The zero-order chi connectivity index (χ0) is 14.2. The lowest BCUT2D eigenvalue weighted by molar-refractivity contribution is -0.118. The molecule has 2 aliphatic rings. The molecule has 4 nitrogen and oxygen atoms in total. The predicted molar refractivity (Wildman–Crippen MR) is 86.5 cm³/mol. The minimum atomic E-state index is 0. The molecule has 1 aliphatic heterocycles. The zero-order valence-electron chi connectivity index (χ0n) is 11.9. The second-order valence-corrected chi connectivity index (χ2v) is 6.11. The lowest BCUT2D eigenvalue weighted by atomic mass is 9.92. The summed E-state index contributed by atoms with van der Waals surface area (Å²) >= 11 is 6.07. The van der Waals surface area contributed by atoms with E-state index in [1.54, 1.807) is 19.2 Å². The number of rotatable bonds is 3. The summed E-state index contributed by atoms with van der Waals surface area (Å²) in [4.78, 5) is 12.3. The molecule has 0 bridgehead atoms. The Kier molecular flexibility index (Phi) is 5.02. The summed E-state index contributed by atoms with van der Waals surface area (Å²) in [5.41, 5.74) is 0.989. The van der Waals surface area contributed by atoms with Gasteiger partial charge in [-0.15, -0.1) is 12.4 Å². The molecule has 1 heterocycles. The van der Waals surface area contributed by atoms with E-state index >= 15 is 0 Å². The van der Waals surface area contributed by atoms with Crippen LogP contribution in [0.2, 0.25) is 5.02 Å². The molecule has 3 rings (SSSR count). The van der Waals surface area contributed by atoms with Crippen molar-refractivity contribution in [2.45, 2.75) is 19.3 Å². The maximum absolute atomic E-state index is 12.3. The number of carbonyl (C=O) groups excluding carboxylic acids is 1. The van der Waals surface area contributed by atoms with E-state index in [1.807, 2.05) is 6.07 Å². The fourth-order valence-corrected chi connectivity index (χ4v) is 3.43. The van der Waals surface area contributed by atoms with Crippen LogP contribution in [0.25, 0.3) is 0 Å². The second kappa shape index (κ2) is 6.42. The van der Waals surface area contributed by atoms with E-state index in [0.29, 0.717) is 10.8 Å². The third kappa shape index (κ3) is 3.28. The highest BCUT2D eigenvalue weighted by Crippen LogP contribution is 2.58. The van der Waals surface area contributed by atoms with Gasteiger partial charge in [-0.05, 0) is 56.0 Å². The number of piperidine rings is 1. The van der Waals surface area contributed by atoms with Crippen LogP contribution in [-0.4, -0.2) is 26.1 Å². The van der Waals surface area contributed by atoms with Gasteiger partial charge in [0.2, 0.25) is 5.91 Å². The van der Waals surface area contributed by atoms with Gasteiger partial charge >= 0.3 is 0 Å². The quantitative estimate of drug-likeness (QED) is 0.895. The maximum Gasteiger partial charge on any atom is 0.228 e. The Bertz CT molecular complexity index is 530. The van der Waals surface area contributed by atoms with Crippen LogP contribution in [0.15, 0.2) is 18.2 Å². The van der Waals surface area contributed by atoms with Crippen molar-refractivity contribution in [1.82, 2.24) is 5.32 Å². The number of hydrogen-bond acceptors (Lipinski definition) is 3. The summed E-state index contributed by atoms with van der Waals surface area (Å²) in [5, 5.41) is 6.83. The van der Waals surface area contributed by atoms with Gasteiger partial charge in [0.25, 0.3) is 0 Å². The smallest absolute Gasteiger partial charge is 0.228 e. The number of halogens is 2. The van der Waals surface area contributed by atoms with Crippen LogP contribution in [-0.2, 0) is 4.79 Å². The average molecular weight is 331 g/mol. The highest BCUT2D eigenvalue weighted by atomic mass is 35.5. The van der Waals surface area contributed by atoms with Gasteiger partial charge in [-0.1, -0.05) is 11.6 Å². The fraction of sp³-hybridized carbons (Fsp3) is 0.533. The van der Waals surface area contributed by atoms with Gasteiger partial charge in [0.15, 0.2) is 0 Å². The first-order chi connectivity index (χ1) is 9.64. The van der Waals surface area contributed by atoms with Crippen molar-refractivity contribution in [2.24, 2.45) is 11.3 Å². The van der Waals surface area contributed by atoms with E-state index in [-0.39, 0.29) is 29.6 Å². The molecular weight excluding hydrogens is 311 g/mol. The molecular formula is C15H20Cl2N2O2. The summed E-state index contributed by atoms with van der Waals surface area (Å²) < 4.78 is 5.10. The SMILES string of the molecule is COc1ccc(NC(=O)C2CC23CCNCC3)cc1Cl.Cl. The molecule has 1 spiro atoms. The topological polar surface area (TPSA) is 50.4 Å². The Morgan fingerprint density at radius 2 is 2.14 bits per heavy atom. The van der Waals surface area contributed by atoms with Crippen LogP contribution >= 0.6 is 24.0 Å². The Labute approximate surface area is 136 Å². The number of anilines is 1. The first-order valence-corrected chi connectivity index (χ1v) is 7.37. The maximum atomic E-state index is 12.3. The summed E-state index contributed by atoms with van der Waals surface area (Å²) in [6.07, 6.45) is 3.23. The van der Waals surface area contributed by atoms with E-state index in [2.05, 4.69) is 10.6 Å². The Balaban J connectivity index is 0.00000161. The molecule has 116 valence electrons. The minimum Gasteiger partial charge on any atom is -0.495 e. The Morgan fingerprint density at radius 3 is 2.76 bits per heavy atom. The van der Waals surface area contributed by atoms with Gasteiger partial charge in [0, 0.05) is 11.6 Å². The van der Waals surface area contributed by atoms with Crippen molar-refractivity contribution < 1.29 is 9.53 Å². The van der Waals surface area contributed by atoms with E-state index in [0.717, 1.165) is 38.0 Å². The molecule has 1 aromatic rings. The van der Waals surface area contributed by atoms with Gasteiger partial charge in [-0.25, -0.2) is 0 Å². The molecule has 1 atom stereocenters. The first-order valence-electron chi connectivity index (χ1n) is 7.00. The molecule has 1 aromatic carbocycles. The molecule has 1 saturated carbocycles. The molecule has 1 unspecified atom stereocenters. The lowest BCUT2D eigenvalue weighted by Crippen LogP contribution is -2.31. The number of hydrogen-bond donors (Lipinski definition) is 2. The van der Waals surface area contributed by atoms with Crippen LogP contribution in [0.4, 0.5) is 5.69 Å². The molecule has 1 saturated heterocycles. The average Bonchev–Trinajstić information content (AvgIpc) is 3.13. The van der Waals surface area contributed by atoms with Crippen molar-refractivity contribution in [3.63, 3.8) is 0 Å². The number of benzene rings is 1. The fourth-order valence-electron chi connectivity index (χ4n) is 3.17. The van der Waals surface area contributed by atoms with Crippen molar-refractivity contribution in [1.29, 1.82) is 0 Å². The van der Waals surface area contributed by atoms with E-state index < -0.39 is 0 Å². The predicted octanol–water partition coefficient (Wildman–Crippen LogP) is 3.10. The lowest BCUT2D eigenvalue weighted by Gasteiger charge is -2.23. The minimum absolute atomic E-state index is 0. The molecule has 2 N–H and O–H groups in total. The third-order valence-corrected chi connectivity index (χ3v) is 4.82. The molecule has 0 aromatic heterocycles. The Hall–Kier alpha value is -0.970. The number of methoxy groups -OCH3 is 1. The number of amides is 1. The number of ether oxygens (including phenoxy) is 1. The number of nitrogens with one attached hydrogen (secondary N) is 2. The van der Waals surface area contributed by atoms with E-state index in [1.165, 1.54) is 0 Å². The van der Waals surface area contributed by atoms with Gasteiger partial charge in [-0.3, -0.25) is 4.79 Å². The van der Waals surface area contributed by atoms with Crippen molar-refractivity contribution in [3.8, 4) is 5.75 Å². The van der Waals surface area contributed by atoms with Crippen molar-refractivity contribution in [3.05, 3.63) is 23.2 Å². The normalized spacial score (nSPS) is 22.3. The third-order valence-electron chi connectivity index (χ3n) is 4.52. The molecule has 6 heteroatoms. The van der Waals surface area contributed by atoms with Gasteiger partial charge < -0.3 is 15.4 Å². The summed E-state index contributed by atoms with van der Waals surface area (Å²) in [5.74, 6) is 0.893. The van der Waals surface area contributed by atoms with E-state index in [4.69, 9.17) is 16.3 Å². The van der Waals surface area contributed by atoms with Crippen LogP contribution in [0.3, 0.4) is 0 Å².